The normalized spacial score (nSPS) is 14.5. The highest BCUT2D eigenvalue weighted by molar-refractivity contribution is 7.71. The maximum Gasteiger partial charge on any atom is 0.202 e. The van der Waals surface area contributed by atoms with E-state index >= 15 is 0 Å². The van der Waals surface area contributed by atoms with Gasteiger partial charge in [-0.05, 0) is 24.3 Å². The molecule has 0 aliphatic heterocycles. The fourth-order valence-electron chi connectivity index (χ4n) is 1.20. The highest BCUT2D eigenvalue weighted by Gasteiger charge is 2.18. The first-order valence-electron chi connectivity index (χ1n) is 3.68. The highest BCUT2D eigenvalue weighted by atomic mass is 32.1. The van der Waals surface area contributed by atoms with Crippen LogP contribution in [0.4, 0.5) is 0 Å². The molecule has 1 aliphatic carbocycles. The van der Waals surface area contributed by atoms with Gasteiger partial charge in [0.1, 0.15) is 4.64 Å². The topological polar surface area (TPSA) is 49.9 Å². The Morgan fingerprint density at radius 3 is 2.54 bits per heavy atom. The molecule has 0 fully saturated rings. The molecule has 0 spiro atoms. The first-order valence-corrected chi connectivity index (χ1v) is 4.09. The van der Waals surface area contributed by atoms with E-state index in [1.165, 1.54) is 12.2 Å². The van der Waals surface area contributed by atoms with E-state index in [2.05, 4.69) is 4.98 Å². The molecule has 1 aromatic heterocycles. The van der Waals surface area contributed by atoms with Gasteiger partial charge in [-0.3, -0.25) is 9.59 Å². The van der Waals surface area contributed by atoms with Gasteiger partial charge in [0.05, 0.1) is 5.69 Å². The fraction of sp³-hybridized carbons (Fsp3) is 0. The minimum Gasteiger partial charge on any atom is -0.343 e. The van der Waals surface area contributed by atoms with Gasteiger partial charge in [0, 0.05) is 5.56 Å². The number of carbonyl (C=O) groups excluding carboxylic acids is 2. The second-order valence-electron chi connectivity index (χ2n) is 2.67. The minimum atomic E-state index is -0.207. The number of rotatable bonds is 0. The van der Waals surface area contributed by atoms with Crippen LogP contribution in [0.3, 0.4) is 0 Å². The average molecular weight is 191 g/mol. The van der Waals surface area contributed by atoms with Gasteiger partial charge in [0.2, 0.25) is 5.78 Å². The molecule has 1 heterocycles. The molecule has 0 aromatic carbocycles. The summed E-state index contributed by atoms with van der Waals surface area (Å²) in [6.07, 6.45) is 2.51. The predicted molar refractivity (Wildman–Crippen MR) is 49.4 cm³/mol. The lowest BCUT2D eigenvalue weighted by molar-refractivity contribution is 0.0990. The van der Waals surface area contributed by atoms with E-state index < -0.39 is 0 Å². The van der Waals surface area contributed by atoms with Crippen LogP contribution in [0.2, 0.25) is 0 Å². The van der Waals surface area contributed by atoms with Crippen molar-refractivity contribution in [2.75, 3.05) is 0 Å². The predicted octanol–water partition coefficient (Wildman–Crippen LogP) is 1.68. The van der Waals surface area contributed by atoms with Crippen LogP contribution >= 0.6 is 12.2 Å². The number of nitrogens with one attached hydrogen (secondary N) is 1. The number of allylic oxidation sites excluding steroid dienone is 2. The molecular weight excluding hydrogens is 186 g/mol. The van der Waals surface area contributed by atoms with Crippen molar-refractivity contribution in [1.29, 1.82) is 0 Å². The van der Waals surface area contributed by atoms with Crippen LogP contribution in [0.25, 0.3) is 0 Å². The molecule has 1 aliphatic rings. The number of H-pyrrole nitrogens is 1. The molecule has 1 aromatic rings. The molecule has 0 saturated carbocycles. The molecule has 64 valence electrons. The van der Waals surface area contributed by atoms with Crippen LogP contribution in [-0.2, 0) is 0 Å². The zero-order valence-corrected chi connectivity index (χ0v) is 7.35. The van der Waals surface area contributed by atoms with Crippen molar-refractivity contribution >= 4 is 23.8 Å². The number of hydrogen-bond donors (Lipinski definition) is 1. The number of carbonyl (C=O) groups is 2. The monoisotopic (exact) mass is 191 g/mol. The number of ketones is 2. The van der Waals surface area contributed by atoms with Crippen molar-refractivity contribution in [2.45, 2.75) is 0 Å². The standard InChI is InChI=1S/C9H5NO2S/c11-6-2-3-7(12)9-5(6)1-4-8(13)10-9/h1-4H,(H,10,13). The maximum absolute atomic E-state index is 11.3. The van der Waals surface area contributed by atoms with Crippen LogP contribution in [0.15, 0.2) is 24.3 Å². The van der Waals surface area contributed by atoms with Crippen molar-refractivity contribution in [2.24, 2.45) is 0 Å². The van der Waals surface area contributed by atoms with Gasteiger partial charge < -0.3 is 4.98 Å². The Balaban J connectivity index is 2.76. The van der Waals surface area contributed by atoms with Crippen molar-refractivity contribution in [3.05, 3.63) is 40.2 Å². The summed E-state index contributed by atoms with van der Waals surface area (Å²) in [7, 11) is 0. The SMILES string of the molecule is O=C1C=CC(=O)c2[nH]c(=S)ccc21. The van der Waals surface area contributed by atoms with Gasteiger partial charge in [0.15, 0.2) is 5.78 Å². The summed E-state index contributed by atoms with van der Waals surface area (Å²) in [5.74, 6) is -0.373. The second-order valence-corrected chi connectivity index (χ2v) is 3.11. The van der Waals surface area contributed by atoms with E-state index in [1.807, 2.05) is 0 Å². The summed E-state index contributed by atoms with van der Waals surface area (Å²) in [6.45, 7) is 0. The summed E-state index contributed by atoms with van der Waals surface area (Å²) in [5, 5.41) is 0. The Morgan fingerprint density at radius 1 is 1.08 bits per heavy atom. The fourth-order valence-corrected chi connectivity index (χ4v) is 1.37. The lowest BCUT2D eigenvalue weighted by atomic mass is 10.0. The third-order valence-electron chi connectivity index (χ3n) is 1.82. The van der Waals surface area contributed by atoms with E-state index in [1.54, 1.807) is 12.1 Å². The molecule has 0 atom stereocenters. The van der Waals surface area contributed by atoms with E-state index in [9.17, 15) is 9.59 Å². The summed E-state index contributed by atoms with van der Waals surface area (Å²) in [6, 6.07) is 3.16. The number of pyridine rings is 1. The molecule has 4 heteroatoms. The van der Waals surface area contributed by atoms with E-state index in [0.29, 0.717) is 15.9 Å². The molecule has 2 rings (SSSR count). The molecule has 13 heavy (non-hydrogen) atoms. The summed E-state index contributed by atoms with van der Waals surface area (Å²) in [5.41, 5.74) is 0.682. The van der Waals surface area contributed by atoms with Gasteiger partial charge in [0.25, 0.3) is 0 Å². The van der Waals surface area contributed by atoms with Gasteiger partial charge in [-0.25, -0.2) is 0 Å². The van der Waals surface area contributed by atoms with Crippen molar-refractivity contribution in [3.8, 4) is 0 Å². The molecule has 3 nitrogen and oxygen atoms in total. The van der Waals surface area contributed by atoms with Crippen molar-refractivity contribution in [1.82, 2.24) is 4.98 Å². The smallest absolute Gasteiger partial charge is 0.202 e. The Kier molecular flexibility index (Phi) is 1.70. The van der Waals surface area contributed by atoms with Crippen LogP contribution in [0, 0.1) is 4.64 Å². The molecular formula is C9H5NO2S. The third-order valence-corrected chi connectivity index (χ3v) is 2.05. The summed E-state index contributed by atoms with van der Waals surface area (Å²) in [4.78, 5) is 25.2. The molecule has 0 saturated heterocycles. The number of fused-ring (bicyclic) bond motifs is 1. The minimum absolute atomic E-state index is 0.166. The van der Waals surface area contributed by atoms with Crippen LogP contribution in [-0.4, -0.2) is 16.6 Å². The van der Waals surface area contributed by atoms with E-state index in [-0.39, 0.29) is 11.6 Å². The third kappa shape index (κ3) is 1.25. The number of hydrogen-bond acceptors (Lipinski definition) is 3. The number of aromatic amines is 1. The van der Waals surface area contributed by atoms with Crippen molar-refractivity contribution in [3.63, 3.8) is 0 Å². The van der Waals surface area contributed by atoms with Crippen LogP contribution < -0.4 is 0 Å². The summed E-state index contributed by atoms with van der Waals surface area (Å²) >= 11 is 4.85. The largest absolute Gasteiger partial charge is 0.343 e. The second kappa shape index (κ2) is 2.74. The summed E-state index contributed by atoms with van der Waals surface area (Å²) < 4.78 is 0.454. The maximum atomic E-state index is 11.3. The van der Waals surface area contributed by atoms with Gasteiger partial charge >= 0.3 is 0 Å². The zero-order valence-electron chi connectivity index (χ0n) is 6.53. The Labute approximate surface area is 79.1 Å². The average Bonchev–Trinajstić information content (AvgIpc) is 2.12. The van der Waals surface area contributed by atoms with Gasteiger partial charge in [-0.15, -0.1) is 0 Å². The first kappa shape index (κ1) is 8.07. The van der Waals surface area contributed by atoms with Gasteiger partial charge in [-0.1, -0.05) is 12.2 Å². The van der Waals surface area contributed by atoms with Crippen molar-refractivity contribution < 1.29 is 9.59 Å². The molecule has 0 unspecified atom stereocenters. The first-order chi connectivity index (χ1) is 6.18. The van der Waals surface area contributed by atoms with E-state index in [4.69, 9.17) is 12.2 Å². The lowest BCUT2D eigenvalue weighted by Gasteiger charge is -2.07. The number of aromatic nitrogens is 1. The van der Waals surface area contributed by atoms with E-state index in [0.717, 1.165) is 0 Å². The molecule has 0 radical (unpaired) electrons. The Morgan fingerprint density at radius 2 is 1.77 bits per heavy atom. The zero-order chi connectivity index (χ0) is 9.42. The lowest BCUT2D eigenvalue weighted by Crippen LogP contribution is -2.13. The van der Waals surface area contributed by atoms with Gasteiger partial charge in [-0.2, -0.15) is 0 Å². The highest BCUT2D eigenvalue weighted by Crippen LogP contribution is 2.13. The Bertz CT molecular complexity index is 485. The van der Waals surface area contributed by atoms with Crippen LogP contribution in [0.1, 0.15) is 20.8 Å². The molecule has 1 N–H and O–H groups in total. The quantitative estimate of drug-likeness (QED) is 0.635. The molecule has 0 amide bonds. The molecule has 0 bridgehead atoms. The Hall–Kier alpha value is -1.55. The van der Waals surface area contributed by atoms with Crippen LogP contribution in [0.5, 0.6) is 0 Å².